The summed E-state index contributed by atoms with van der Waals surface area (Å²) in [6.45, 7) is 0. The molecule has 1 aliphatic rings. The van der Waals surface area contributed by atoms with Crippen LogP contribution in [0.15, 0.2) is 62.8 Å². The molecule has 0 saturated carbocycles. The predicted octanol–water partition coefficient (Wildman–Crippen LogP) is 2.75. The van der Waals surface area contributed by atoms with Gasteiger partial charge >= 0.3 is 0 Å². The van der Waals surface area contributed by atoms with E-state index in [0.29, 0.717) is 10.0 Å². The number of hydrogen-bond donors (Lipinski definition) is 0. The number of halogens is 1. The zero-order valence-electron chi connectivity index (χ0n) is 10.7. The van der Waals surface area contributed by atoms with Gasteiger partial charge < -0.3 is 0 Å². The number of benzene rings is 2. The van der Waals surface area contributed by atoms with Crippen LogP contribution in [0.1, 0.15) is 10.8 Å². The lowest BCUT2D eigenvalue weighted by Crippen LogP contribution is -2.16. The first-order valence-electron chi connectivity index (χ1n) is 6.14. The second-order valence-electron chi connectivity index (χ2n) is 4.78. The Morgan fingerprint density at radius 2 is 1.67 bits per heavy atom. The lowest BCUT2D eigenvalue weighted by Gasteiger charge is -2.13. The van der Waals surface area contributed by atoms with E-state index in [9.17, 15) is 16.8 Å². The van der Waals surface area contributed by atoms with Crippen LogP contribution in [0.2, 0.25) is 0 Å². The summed E-state index contributed by atoms with van der Waals surface area (Å²) in [5.41, 5.74) is 0.335. The topological polar surface area (TPSA) is 68.3 Å². The molecule has 21 heavy (non-hydrogen) atoms. The van der Waals surface area contributed by atoms with Crippen LogP contribution in [0.3, 0.4) is 0 Å². The summed E-state index contributed by atoms with van der Waals surface area (Å²) in [4.78, 5) is 0.232. The Kier molecular flexibility index (Phi) is 3.46. The summed E-state index contributed by atoms with van der Waals surface area (Å²) in [5.74, 6) is -0.415. The molecule has 2 aromatic rings. The summed E-state index contributed by atoms with van der Waals surface area (Å²) in [5, 5.41) is -1.07. The maximum atomic E-state index is 12.8. The molecule has 0 N–H and O–H groups in total. The van der Waals surface area contributed by atoms with Crippen LogP contribution in [-0.4, -0.2) is 22.6 Å². The first-order valence-corrected chi connectivity index (χ1v) is 10.1. The Bertz CT molecular complexity index is 903. The molecule has 0 saturated heterocycles. The molecule has 1 aliphatic heterocycles. The van der Waals surface area contributed by atoms with Crippen molar-refractivity contribution in [2.75, 3.05) is 5.75 Å². The molecule has 0 aliphatic carbocycles. The maximum Gasteiger partial charge on any atom is 0.186 e. The fourth-order valence-electron chi connectivity index (χ4n) is 2.49. The fourth-order valence-corrected chi connectivity index (χ4v) is 7.79. The van der Waals surface area contributed by atoms with Crippen molar-refractivity contribution in [2.45, 2.75) is 15.0 Å². The van der Waals surface area contributed by atoms with Crippen molar-refractivity contribution in [1.29, 1.82) is 0 Å². The number of fused-ring (bicyclic) bond motifs is 1. The van der Waals surface area contributed by atoms with Crippen LogP contribution < -0.4 is 0 Å². The highest BCUT2D eigenvalue weighted by molar-refractivity contribution is 9.10. The quantitative estimate of drug-likeness (QED) is 0.795. The minimum absolute atomic E-state index is 0.0985. The second-order valence-corrected chi connectivity index (χ2v) is 9.77. The van der Waals surface area contributed by atoms with Gasteiger partial charge in [-0.25, -0.2) is 16.8 Å². The molecule has 3 rings (SSSR count). The average molecular weight is 387 g/mol. The molecular formula is C14H11BrO4S2. The Labute approximate surface area is 131 Å². The standard InChI is InChI=1S/C14H11BrO4S2/c15-11-7-4-8-12-14(11)13(9-20(12,16)17)21(18,19)10-5-2-1-3-6-10/h1-8,13H,9H2. The molecule has 1 heterocycles. The predicted molar refractivity (Wildman–Crippen MR) is 82.6 cm³/mol. The van der Waals surface area contributed by atoms with E-state index < -0.39 is 30.7 Å². The molecule has 1 unspecified atom stereocenters. The van der Waals surface area contributed by atoms with E-state index in [-0.39, 0.29) is 9.79 Å². The first kappa shape index (κ1) is 14.7. The van der Waals surface area contributed by atoms with Gasteiger partial charge in [-0.2, -0.15) is 0 Å². The van der Waals surface area contributed by atoms with Crippen molar-refractivity contribution in [3.8, 4) is 0 Å². The van der Waals surface area contributed by atoms with Crippen molar-refractivity contribution in [1.82, 2.24) is 0 Å². The van der Waals surface area contributed by atoms with Crippen molar-refractivity contribution in [3.63, 3.8) is 0 Å². The van der Waals surface area contributed by atoms with Crippen molar-refractivity contribution in [3.05, 3.63) is 58.6 Å². The van der Waals surface area contributed by atoms with Gasteiger partial charge in [-0.3, -0.25) is 0 Å². The van der Waals surface area contributed by atoms with Gasteiger partial charge in [-0.15, -0.1) is 0 Å². The van der Waals surface area contributed by atoms with Crippen LogP contribution >= 0.6 is 15.9 Å². The van der Waals surface area contributed by atoms with Crippen molar-refractivity contribution >= 4 is 35.6 Å². The Morgan fingerprint density at radius 1 is 1.00 bits per heavy atom. The number of hydrogen-bond acceptors (Lipinski definition) is 4. The zero-order valence-corrected chi connectivity index (χ0v) is 13.9. The van der Waals surface area contributed by atoms with Gasteiger partial charge in [0.1, 0.15) is 5.25 Å². The maximum absolute atomic E-state index is 12.8. The highest BCUT2D eigenvalue weighted by Crippen LogP contribution is 2.44. The van der Waals surface area contributed by atoms with E-state index in [1.165, 1.54) is 18.2 Å². The Balaban J connectivity index is 2.24. The fraction of sp³-hybridized carbons (Fsp3) is 0.143. The highest BCUT2D eigenvalue weighted by atomic mass is 79.9. The minimum atomic E-state index is -3.75. The van der Waals surface area contributed by atoms with Gasteiger partial charge in [0, 0.05) is 10.0 Å². The summed E-state index contributed by atoms with van der Waals surface area (Å²) < 4.78 is 50.4. The molecule has 2 aromatic carbocycles. The van der Waals surface area contributed by atoms with E-state index in [4.69, 9.17) is 0 Å². The third kappa shape index (κ3) is 2.33. The summed E-state index contributed by atoms with van der Waals surface area (Å²) in [7, 11) is -7.33. The Morgan fingerprint density at radius 3 is 2.33 bits per heavy atom. The average Bonchev–Trinajstić information content (AvgIpc) is 2.74. The van der Waals surface area contributed by atoms with Crippen LogP contribution in [0.25, 0.3) is 0 Å². The normalized spacial score (nSPS) is 20.1. The van der Waals surface area contributed by atoms with Crippen LogP contribution in [-0.2, 0) is 19.7 Å². The second kappa shape index (κ2) is 4.93. The zero-order chi connectivity index (χ0) is 15.3. The number of sulfone groups is 2. The van der Waals surface area contributed by atoms with E-state index in [0.717, 1.165) is 0 Å². The smallest absolute Gasteiger partial charge is 0.186 e. The van der Waals surface area contributed by atoms with Crippen molar-refractivity contribution in [2.24, 2.45) is 0 Å². The van der Waals surface area contributed by atoms with E-state index >= 15 is 0 Å². The summed E-state index contributed by atoms with van der Waals surface area (Å²) >= 11 is 3.28. The summed E-state index contributed by atoms with van der Waals surface area (Å²) in [6, 6.07) is 12.6. The third-order valence-corrected chi connectivity index (χ3v) is 8.27. The largest absolute Gasteiger partial charge is 0.224 e. The van der Waals surface area contributed by atoms with E-state index in [1.807, 2.05) is 0 Å². The van der Waals surface area contributed by atoms with Gasteiger partial charge in [0.25, 0.3) is 0 Å². The lowest BCUT2D eigenvalue weighted by molar-refractivity contribution is 0.582. The van der Waals surface area contributed by atoms with E-state index in [1.54, 1.807) is 30.3 Å². The molecule has 0 spiro atoms. The van der Waals surface area contributed by atoms with Gasteiger partial charge in [0.2, 0.25) is 0 Å². The molecule has 110 valence electrons. The van der Waals surface area contributed by atoms with Gasteiger partial charge in [0.05, 0.1) is 15.5 Å². The summed E-state index contributed by atoms with van der Waals surface area (Å²) in [6.07, 6.45) is 0. The molecular weight excluding hydrogens is 376 g/mol. The molecule has 0 radical (unpaired) electrons. The molecule has 0 fully saturated rings. The van der Waals surface area contributed by atoms with Crippen LogP contribution in [0, 0.1) is 0 Å². The molecule has 0 amide bonds. The van der Waals surface area contributed by atoms with Crippen molar-refractivity contribution < 1.29 is 16.8 Å². The minimum Gasteiger partial charge on any atom is -0.224 e. The van der Waals surface area contributed by atoms with Crippen LogP contribution in [0.5, 0.6) is 0 Å². The van der Waals surface area contributed by atoms with Gasteiger partial charge in [-0.05, 0) is 24.3 Å². The number of rotatable bonds is 2. The van der Waals surface area contributed by atoms with E-state index in [2.05, 4.69) is 15.9 Å². The highest BCUT2D eigenvalue weighted by Gasteiger charge is 2.44. The molecule has 1 atom stereocenters. The first-order chi connectivity index (χ1) is 9.84. The third-order valence-electron chi connectivity index (χ3n) is 3.49. The van der Waals surface area contributed by atoms with Gasteiger partial charge in [0.15, 0.2) is 19.7 Å². The van der Waals surface area contributed by atoms with Gasteiger partial charge in [-0.1, -0.05) is 40.2 Å². The molecule has 0 aromatic heterocycles. The molecule has 4 nitrogen and oxygen atoms in total. The SMILES string of the molecule is O=S1(=O)CC(S(=O)(=O)c2ccccc2)c2c(Br)cccc21. The lowest BCUT2D eigenvalue weighted by atomic mass is 10.2. The monoisotopic (exact) mass is 386 g/mol. The Hall–Kier alpha value is -1.18. The molecule has 7 heteroatoms. The van der Waals surface area contributed by atoms with Crippen LogP contribution in [0.4, 0.5) is 0 Å². The molecule has 0 bridgehead atoms.